The summed E-state index contributed by atoms with van der Waals surface area (Å²) in [6, 6.07) is 0. The highest BCUT2D eigenvalue weighted by molar-refractivity contribution is 5.38. The minimum Gasteiger partial charge on any atom is -0.378 e. The van der Waals surface area contributed by atoms with Gasteiger partial charge in [-0.15, -0.1) is 0 Å². The van der Waals surface area contributed by atoms with E-state index in [0.29, 0.717) is 5.92 Å². The van der Waals surface area contributed by atoms with Crippen molar-refractivity contribution in [1.82, 2.24) is 10.2 Å². The van der Waals surface area contributed by atoms with Gasteiger partial charge in [0.15, 0.2) is 0 Å². The Morgan fingerprint density at radius 1 is 1.39 bits per heavy atom. The van der Waals surface area contributed by atoms with Crippen molar-refractivity contribution in [2.24, 2.45) is 5.92 Å². The third kappa shape index (κ3) is 7.02. The van der Waals surface area contributed by atoms with Gasteiger partial charge in [-0.1, -0.05) is 31.2 Å². The van der Waals surface area contributed by atoms with Gasteiger partial charge in [0, 0.05) is 25.2 Å². The molecule has 0 spiro atoms. The zero-order valence-corrected chi connectivity index (χ0v) is 15.5. The SMILES string of the molecule is C/C=C(\C=C/[NH2+]C)/C=C/C1=CC=C(N(C)CCCNC)C(C)C1. The predicted octanol–water partition coefficient (Wildman–Crippen LogP) is 2.59. The summed E-state index contributed by atoms with van der Waals surface area (Å²) in [5.41, 5.74) is 4.10. The molecular weight excluding hydrogens is 282 g/mol. The molecule has 0 aromatic heterocycles. The first kappa shape index (κ1) is 19.5. The Kier molecular flexibility index (Phi) is 9.34. The van der Waals surface area contributed by atoms with Crippen LogP contribution in [0.2, 0.25) is 0 Å². The van der Waals surface area contributed by atoms with Gasteiger partial charge in [-0.3, -0.25) is 0 Å². The number of nitrogens with one attached hydrogen (secondary N) is 1. The number of quaternary nitrogens is 1. The van der Waals surface area contributed by atoms with E-state index in [1.165, 1.54) is 23.3 Å². The van der Waals surface area contributed by atoms with Crippen LogP contribution < -0.4 is 10.6 Å². The number of rotatable bonds is 9. The molecule has 0 aromatic carbocycles. The van der Waals surface area contributed by atoms with Crippen LogP contribution >= 0.6 is 0 Å². The fourth-order valence-electron chi connectivity index (χ4n) is 2.79. The fourth-order valence-corrected chi connectivity index (χ4v) is 2.79. The normalized spacial score (nSPS) is 19.3. The van der Waals surface area contributed by atoms with Gasteiger partial charge in [0.25, 0.3) is 0 Å². The van der Waals surface area contributed by atoms with Crippen molar-refractivity contribution in [3.8, 4) is 0 Å². The van der Waals surface area contributed by atoms with E-state index >= 15 is 0 Å². The molecule has 3 nitrogen and oxygen atoms in total. The highest BCUT2D eigenvalue weighted by Gasteiger charge is 2.16. The molecule has 1 rings (SSSR count). The molecule has 1 aliphatic rings. The minimum atomic E-state index is 0.577. The van der Waals surface area contributed by atoms with E-state index in [1.54, 1.807) is 0 Å². The maximum absolute atomic E-state index is 3.21. The van der Waals surface area contributed by atoms with Crippen LogP contribution in [0.5, 0.6) is 0 Å². The molecule has 0 radical (unpaired) electrons. The molecule has 0 aromatic rings. The van der Waals surface area contributed by atoms with E-state index in [0.717, 1.165) is 19.5 Å². The first-order chi connectivity index (χ1) is 11.1. The van der Waals surface area contributed by atoms with Crippen LogP contribution in [0.1, 0.15) is 26.7 Å². The van der Waals surface area contributed by atoms with Crippen molar-refractivity contribution in [3.05, 3.63) is 59.5 Å². The Balaban J connectivity index is 2.69. The molecule has 3 heteroatoms. The van der Waals surface area contributed by atoms with Gasteiger partial charge in [-0.05, 0) is 56.7 Å². The van der Waals surface area contributed by atoms with Crippen molar-refractivity contribution >= 4 is 0 Å². The maximum atomic E-state index is 3.21. The Hall–Kier alpha value is -1.58. The molecule has 0 bridgehead atoms. The molecule has 0 heterocycles. The second-order valence-corrected chi connectivity index (χ2v) is 6.13. The molecule has 1 unspecified atom stereocenters. The van der Waals surface area contributed by atoms with Gasteiger partial charge in [0.1, 0.15) is 0 Å². The molecule has 0 saturated carbocycles. The van der Waals surface area contributed by atoms with E-state index < -0.39 is 0 Å². The molecule has 0 amide bonds. The van der Waals surface area contributed by atoms with Crippen LogP contribution in [0.15, 0.2) is 59.5 Å². The molecule has 0 fully saturated rings. The number of allylic oxidation sites excluding steroid dienone is 9. The lowest BCUT2D eigenvalue weighted by Gasteiger charge is -2.29. The van der Waals surface area contributed by atoms with Crippen LogP contribution in [-0.4, -0.2) is 39.1 Å². The standard InChI is InChI=1S/C20H33N3/c1-6-18(12-14-22-4)8-9-19-10-11-20(17(2)16-19)23(5)15-7-13-21-3/h6,8-12,14,17,21-22H,7,13,15-16H2,1-5H3/p+1/b9-8+,14-12-,18-6-. The number of nitrogens with two attached hydrogens (primary N) is 1. The molecule has 23 heavy (non-hydrogen) atoms. The van der Waals surface area contributed by atoms with Crippen LogP contribution in [0, 0.1) is 5.92 Å². The zero-order valence-electron chi connectivity index (χ0n) is 15.5. The van der Waals surface area contributed by atoms with Crippen molar-refractivity contribution in [2.45, 2.75) is 26.7 Å². The van der Waals surface area contributed by atoms with Gasteiger partial charge in [0.2, 0.25) is 0 Å². The highest BCUT2D eigenvalue weighted by atomic mass is 15.1. The van der Waals surface area contributed by atoms with Gasteiger partial charge in [-0.2, -0.15) is 0 Å². The molecular formula is C20H34N3+. The van der Waals surface area contributed by atoms with Crippen molar-refractivity contribution in [3.63, 3.8) is 0 Å². The van der Waals surface area contributed by atoms with E-state index in [-0.39, 0.29) is 0 Å². The van der Waals surface area contributed by atoms with E-state index in [9.17, 15) is 0 Å². The lowest BCUT2D eigenvalue weighted by Crippen LogP contribution is -2.72. The third-order valence-electron chi connectivity index (χ3n) is 4.18. The maximum Gasteiger partial charge on any atom is 0.0929 e. The summed E-state index contributed by atoms with van der Waals surface area (Å²) < 4.78 is 0. The average molecular weight is 317 g/mol. The van der Waals surface area contributed by atoms with Gasteiger partial charge >= 0.3 is 0 Å². The van der Waals surface area contributed by atoms with Crippen molar-refractivity contribution in [1.29, 1.82) is 0 Å². The summed E-state index contributed by atoms with van der Waals surface area (Å²) in [4.78, 5) is 2.40. The number of nitrogens with zero attached hydrogens (tertiary/aromatic N) is 1. The van der Waals surface area contributed by atoms with E-state index in [1.807, 2.05) is 14.1 Å². The lowest BCUT2D eigenvalue weighted by atomic mass is 9.91. The van der Waals surface area contributed by atoms with E-state index in [4.69, 9.17) is 0 Å². The average Bonchev–Trinajstić information content (AvgIpc) is 2.55. The van der Waals surface area contributed by atoms with Crippen LogP contribution in [0.4, 0.5) is 0 Å². The summed E-state index contributed by atoms with van der Waals surface area (Å²) in [5.74, 6) is 0.577. The van der Waals surface area contributed by atoms with Crippen LogP contribution in [0.3, 0.4) is 0 Å². The molecule has 1 aliphatic carbocycles. The van der Waals surface area contributed by atoms with Crippen LogP contribution in [0.25, 0.3) is 0 Å². The molecule has 0 saturated heterocycles. The number of hydrogen-bond donors (Lipinski definition) is 2. The summed E-state index contributed by atoms with van der Waals surface area (Å²) >= 11 is 0. The molecule has 3 N–H and O–H groups in total. The van der Waals surface area contributed by atoms with Gasteiger partial charge in [-0.25, -0.2) is 0 Å². The summed E-state index contributed by atoms with van der Waals surface area (Å²) in [6.45, 7) is 6.58. The number of hydrogen-bond acceptors (Lipinski definition) is 2. The monoisotopic (exact) mass is 316 g/mol. The Morgan fingerprint density at radius 3 is 2.78 bits per heavy atom. The Labute approximate surface area is 142 Å². The van der Waals surface area contributed by atoms with Crippen molar-refractivity contribution < 1.29 is 5.32 Å². The largest absolute Gasteiger partial charge is 0.378 e. The third-order valence-corrected chi connectivity index (χ3v) is 4.18. The highest BCUT2D eigenvalue weighted by Crippen LogP contribution is 2.27. The van der Waals surface area contributed by atoms with Gasteiger partial charge in [0.05, 0.1) is 13.2 Å². The van der Waals surface area contributed by atoms with Crippen LogP contribution in [-0.2, 0) is 0 Å². The predicted molar refractivity (Wildman–Crippen MR) is 101 cm³/mol. The van der Waals surface area contributed by atoms with Gasteiger partial charge < -0.3 is 15.5 Å². The van der Waals surface area contributed by atoms with Crippen molar-refractivity contribution in [2.75, 3.05) is 34.2 Å². The second kappa shape index (κ2) is 11.0. The molecule has 0 aliphatic heterocycles. The first-order valence-electron chi connectivity index (χ1n) is 8.69. The minimum absolute atomic E-state index is 0.577. The summed E-state index contributed by atoms with van der Waals surface area (Å²) in [5, 5.41) is 5.27. The Morgan fingerprint density at radius 2 is 2.17 bits per heavy atom. The first-order valence-corrected chi connectivity index (χ1v) is 8.69. The zero-order chi connectivity index (χ0) is 17.1. The summed E-state index contributed by atoms with van der Waals surface area (Å²) in [6.07, 6.45) is 17.7. The fraction of sp³-hybridized carbons (Fsp3) is 0.500. The smallest absolute Gasteiger partial charge is 0.0929 e. The molecule has 128 valence electrons. The Bertz CT molecular complexity index is 495. The van der Waals surface area contributed by atoms with E-state index in [2.05, 4.69) is 79.1 Å². The molecule has 1 atom stereocenters. The second-order valence-electron chi connectivity index (χ2n) is 6.13. The summed E-state index contributed by atoms with van der Waals surface area (Å²) in [7, 11) is 6.26. The lowest BCUT2D eigenvalue weighted by molar-refractivity contribution is -0.556. The topological polar surface area (TPSA) is 31.9 Å². The quantitative estimate of drug-likeness (QED) is 0.506.